The number of esters is 1. The Kier molecular flexibility index (Phi) is 6.68. The summed E-state index contributed by atoms with van der Waals surface area (Å²) >= 11 is 0. The zero-order valence-electron chi connectivity index (χ0n) is 16.5. The molecule has 1 atom stereocenters. The van der Waals surface area contributed by atoms with Crippen molar-refractivity contribution >= 4 is 27.6 Å². The first-order chi connectivity index (χ1) is 14.7. The van der Waals surface area contributed by atoms with Gasteiger partial charge in [0.1, 0.15) is 17.1 Å². The van der Waals surface area contributed by atoms with Gasteiger partial charge < -0.3 is 14.8 Å². The molecule has 0 saturated carbocycles. The summed E-state index contributed by atoms with van der Waals surface area (Å²) in [5, 5.41) is 7.59. The number of hydrogen-bond acceptors (Lipinski definition) is 6. The lowest BCUT2D eigenvalue weighted by Gasteiger charge is -2.15. The van der Waals surface area contributed by atoms with Crippen LogP contribution in [0, 0.1) is 0 Å². The number of ether oxygens (including phenoxy) is 2. The van der Waals surface area contributed by atoms with Gasteiger partial charge in [-0.15, -0.1) is 0 Å². The van der Waals surface area contributed by atoms with Crippen molar-refractivity contribution in [3.8, 4) is 11.5 Å². The molecule has 9 heteroatoms. The van der Waals surface area contributed by atoms with E-state index in [1.807, 2.05) is 6.07 Å². The minimum atomic E-state index is -3.83. The standard InChI is InChI=1S/C22H20N2O6S/c1-15(21(25)24-16-11-13-18(14-12-16)31(23,27)28)29-22(26)19-9-5-6-10-20(19)30-17-7-3-2-4-8-17/h2-15H,1H3,(H,24,25)(H2,23,27,28)/t15-/m1/s1. The number of para-hydroxylation sites is 2. The average Bonchev–Trinajstić information content (AvgIpc) is 2.74. The van der Waals surface area contributed by atoms with Crippen molar-refractivity contribution in [3.05, 3.63) is 84.4 Å². The minimum absolute atomic E-state index is 0.0833. The molecule has 8 nitrogen and oxygen atoms in total. The molecule has 0 fully saturated rings. The summed E-state index contributed by atoms with van der Waals surface area (Å²) in [6.45, 7) is 1.42. The smallest absolute Gasteiger partial charge is 0.342 e. The van der Waals surface area contributed by atoms with E-state index in [0.717, 1.165) is 0 Å². The van der Waals surface area contributed by atoms with Crippen LogP contribution in [0.1, 0.15) is 17.3 Å². The fourth-order valence-corrected chi connectivity index (χ4v) is 3.10. The predicted molar refractivity (Wildman–Crippen MR) is 114 cm³/mol. The second kappa shape index (κ2) is 9.41. The fourth-order valence-electron chi connectivity index (χ4n) is 2.59. The number of carbonyl (C=O) groups is 2. The highest BCUT2D eigenvalue weighted by Crippen LogP contribution is 2.26. The summed E-state index contributed by atoms with van der Waals surface area (Å²) in [4.78, 5) is 24.9. The van der Waals surface area contributed by atoms with Crippen molar-refractivity contribution in [2.45, 2.75) is 17.9 Å². The number of anilines is 1. The van der Waals surface area contributed by atoms with E-state index in [9.17, 15) is 18.0 Å². The molecule has 0 aromatic heterocycles. The number of benzene rings is 3. The van der Waals surface area contributed by atoms with Crippen molar-refractivity contribution in [1.82, 2.24) is 0 Å². The van der Waals surface area contributed by atoms with E-state index in [2.05, 4.69) is 5.32 Å². The van der Waals surface area contributed by atoms with Crippen LogP contribution in [0.4, 0.5) is 5.69 Å². The molecule has 0 aliphatic heterocycles. The molecule has 0 bridgehead atoms. The van der Waals surface area contributed by atoms with Crippen LogP contribution >= 0.6 is 0 Å². The molecular formula is C22H20N2O6S. The molecule has 0 spiro atoms. The zero-order chi connectivity index (χ0) is 22.4. The van der Waals surface area contributed by atoms with Gasteiger partial charge in [-0.25, -0.2) is 18.4 Å². The molecule has 0 heterocycles. The summed E-state index contributed by atoms with van der Waals surface area (Å²) < 4.78 is 33.6. The SMILES string of the molecule is C[C@@H](OC(=O)c1ccccc1Oc1ccccc1)C(=O)Nc1ccc(S(N)(=O)=O)cc1. The number of carbonyl (C=O) groups excluding carboxylic acids is 2. The third-order valence-corrected chi connectivity index (χ3v) is 5.11. The lowest BCUT2D eigenvalue weighted by Crippen LogP contribution is -2.30. The Labute approximate surface area is 179 Å². The number of amides is 1. The van der Waals surface area contributed by atoms with E-state index < -0.39 is 28.0 Å². The first-order valence-corrected chi connectivity index (χ1v) is 10.8. The van der Waals surface area contributed by atoms with Crippen LogP contribution in [0.5, 0.6) is 11.5 Å². The number of sulfonamides is 1. The highest BCUT2D eigenvalue weighted by Gasteiger charge is 2.22. The summed E-state index contributed by atoms with van der Waals surface area (Å²) in [6.07, 6.45) is -1.12. The molecule has 0 saturated heterocycles. The minimum Gasteiger partial charge on any atom is -0.456 e. The van der Waals surface area contributed by atoms with Crippen LogP contribution in [0.3, 0.4) is 0 Å². The first-order valence-electron chi connectivity index (χ1n) is 9.20. The molecule has 3 aromatic carbocycles. The maximum absolute atomic E-state index is 12.6. The molecule has 31 heavy (non-hydrogen) atoms. The van der Waals surface area contributed by atoms with Gasteiger partial charge >= 0.3 is 5.97 Å². The summed E-state index contributed by atoms with van der Waals surface area (Å²) in [5.41, 5.74) is 0.497. The molecule has 0 aliphatic carbocycles. The van der Waals surface area contributed by atoms with Gasteiger partial charge in [-0.05, 0) is 55.5 Å². The second-order valence-corrected chi connectivity index (χ2v) is 8.08. The van der Waals surface area contributed by atoms with Crippen molar-refractivity contribution in [2.75, 3.05) is 5.32 Å². The topological polar surface area (TPSA) is 125 Å². The van der Waals surface area contributed by atoms with Gasteiger partial charge in [0.25, 0.3) is 5.91 Å². The molecule has 3 N–H and O–H groups in total. The van der Waals surface area contributed by atoms with Crippen molar-refractivity contribution in [2.24, 2.45) is 5.14 Å². The van der Waals surface area contributed by atoms with Gasteiger partial charge in [-0.3, -0.25) is 4.79 Å². The lowest BCUT2D eigenvalue weighted by atomic mass is 10.2. The molecule has 0 aliphatic rings. The Morgan fingerprint density at radius 2 is 1.52 bits per heavy atom. The highest BCUT2D eigenvalue weighted by atomic mass is 32.2. The predicted octanol–water partition coefficient (Wildman–Crippen LogP) is 3.31. The average molecular weight is 440 g/mol. The van der Waals surface area contributed by atoms with Gasteiger partial charge in [0.05, 0.1) is 4.90 Å². The van der Waals surface area contributed by atoms with E-state index in [0.29, 0.717) is 17.2 Å². The quantitative estimate of drug-likeness (QED) is 0.543. The number of hydrogen-bond donors (Lipinski definition) is 2. The summed E-state index contributed by atoms with van der Waals surface area (Å²) in [6, 6.07) is 20.8. The van der Waals surface area contributed by atoms with E-state index in [1.54, 1.807) is 42.5 Å². The van der Waals surface area contributed by atoms with Crippen molar-refractivity contribution in [3.63, 3.8) is 0 Å². The molecular weight excluding hydrogens is 420 g/mol. The molecule has 160 valence electrons. The monoisotopic (exact) mass is 440 g/mol. The van der Waals surface area contributed by atoms with Crippen molar-refractivity contribution in [1.29, 1.82) is 0 Å². The number of nitrogens with one attached hydrogen (secondary N) is 1. The Hall–Kier alpha value is -3.69. The van der Waals surface area contributed by atoms with Crippen LogP contribution in [-0.4, -0.2) is 26.4 Å². The number of primary sulfonamides is 1. The summed E-state index contributed by atoms with van der Waals surface area (Å²) in [7, 11) is -3.83. The van der Waals surface area contributed by atoms with Crippen LogP contribution in [0.15, 0.2) is 83.8 Å². The molecule has 3 rings (SSSR count). The van der Waals surface area contributed by atoms with E-state index in [4.69, 9.17) is 14.6 Å². The van der Waals surface area contributed by atoms with Crippen LogP contribution in [0.2, 0.25) is 0 Å². The Balaban J connectivity index is 1.66. The summed E-state index contributed by atoms with van der Waals surface area (Å²) in [5.74, 6) is -0.460. The normalized spacial score (nSPS) is 11.9. The molecule has 3 aromatic rings. The van der Waals surface area contributed by atoms with E-state index >= 15 is 0 Å². The molecule has 0 radical (unpaired) electrons. The van der Waals surface area contributed by atoms with Crippen LogP contribution in [-0.2, 0) is 19.6 Å². The lowest BCUT2D eigenvalue weighted by molar-refractivity contribution is -0.123. The third-order valence-electron chi connectivity index (χ3n) is 4.18. The second-order valence-electron chi connectivity index (χ2n) is 6.52. The Bertz CT molecular complexity index is 1180. The van der Waals surface area contributed by atoms with Gasteiger partial charge in [-0.2, -0.15) is 0 Å². The number of nitrogens with two attached hydrogens (primary N) is 1. The van der Waals surface area contributed by atoms with Gasteiger partial charge in [0, 0.05) is 5.69 Å². The van der Waals surface area contributed by atoms with E-state index in [1.165, 1.54) is 37.3 Å². The Morgan fingerprint density at radius 1 is 0.903 bits per heavy atom. The maximum Gasteiger partial charge on any atom is 0.342 e. The molecule has 0 unspecified atom stereocenters. The zero-order valence-corrected chi connectivity index (χ0v) is 17.3. The first kappa shape index (κ1) is 22.0. The largest absolute Gasteiger partial charge is 0.456 e. The van der Waals surface area contributed by atoms with Crippen LogP contribution in [0.25, 0.3) is 0 Å². The van der Waals surface area contributed by atoms with Gasteiger partial charge in [0.15, 0.2) is 6.10 Å². The Morgan fingerprint density at radius 3 is 2.16 bits per heavy atom. The third kappa shape index (κ3) is 5.91. The molecule has 1 amide bonds. The number of rotatable bonds is 7. The van der Waals surface area contributed by atoms with Crippen LogP contribution < -0.4 is 15.2 Å². The van der Waals surface area contributed by atoms with E-state index in [-0.39, 0.29) is 10.5 Å². The highest BCUT2D eigenvalue weighted by molar-refractivity contribution is 7.89. The van der Waals surface area contributed by atoms with Gasteiger partial charge in [0.2, 0.25) is 10.0 Å². The fraction of sp³-hybridized carbons (Fsp3) is 0.0909. The van der Waals surface area contributed by atoms with Gasteiger partial charge in [-0.1, -0.05) is 30.3 Å². The van der Waals surface area contributed by atoms with Crippen molar-refractivity contribution < 1.29 is 27.5 Å². The maximum atomic E-state index is 12.6.